The Labute approximate surface area is 204 Å². The Hall–Kier alpha value is -1.10. The van der Waals surface area contributed by atoms with E-state index in [-0.39, 0.29) is 35.9 Å². The first-order valence-electron chi connectivity index (χ1n) is 11.8. The number of hydrogen-bond donors (Lipinski definition) is 1. The molecule has 0 spiro atoms. The van der Waals surface area contributed by atoms with Crippen molar-refractivity contribution in [3.8, 4) is 0 Å². The molecule has 0 aromatic rings. The molecule has 8 nitrogen and oxygen atoms in total. The standard InChI is InChI=1S/C22H40N6O2.HI/c1-4-19(28-13-7-8-20(28)29)9-10-24-22(23-3)27-16-14-25(15-17-27)18(2)21(30)26-11-5-6-12-26;/h18-19H,4-17H2,1-3H3,(H,23,24);1H. The van der Waals surface area contributed by atoms with Crippen molar-refractivity contribution in [2.75, 3.05) is 59.4 Å². The van der Waals surface area contributed by atoms with Gasteiger partial charge in [0.15, 0.2) is 5.96 Å². The minimum Gasteiger partial charge on any atom is -0.356 e. The molecule has 178 valence electrons. The summed E-state index contributed by atoms with van der Waals surface area (Å²) in [6.45, 7) is 11.3. The molecular formula is C22H41IN6O2. The molecule has 2 amide bonds. The molecular weight excluding hydrogens is 507 g/mol. The van der Waals surface area contributed by atoms with Crippen LogP contribution in [0.4, 0.5) is 0 Å². The number of nitrogens with zero attached hydrogens (tertiary/aromatic N) is 5. The van der Waals surface area contributed by atoms with Gasteiger partial charge in [-0.15, -0.1) is 24.0 Å². The molecule has 0 radical (unpaired) electrons. The van der Waals surface area contributed by atoms with Crippen molar-refractivity contribution in [1.82, 2.24) is 24.9 Å². The lowest BCUT2D eigenvalue weighted by Crippen LogP contribution is -2.57. The van der Waals surface area contributed by atoms with Crippen LogP contribution in [0, 0.1) is 0 Å². The molecule has 2 unspecified atom stereocenters. The largest absolute Gasteiger partial charge is 0.356 e. The lowest BCUT2D eigenvalue weighted by Gasteiger charge is -2.39. The lowest BCUT2D eigenvalue weighted by molar-refractivity contribution is -0.135. The fourth-order valence-electron chi connectivity index (χ4n) is 5.00. The fourth-order valence-corrected chi connectivity index (χ4v) is 5.00. The molecule has 0 bridgehead atoms. The molecule has 31 heavy (non-hydrogen) atoms. The van der Waals surface area contributed by atoms with Crippen molar-refractivity contribution in [3.05, 3.63) is 0 Å². The highest BCUT2D eigenvalue weighted by Gasteiger charge is 2.31. The Morgan fingerprint density at radius 1 is 1.03 bits per heavy atom. The Kier molecular flexibility index (Phi) is 10.8. The average Bonchev–Trinajstić information content (AvgIpc) is 3.45. The second kappa shape index (κ2) is 12.8. The predicted octanol–water partition coefficient (Wildman–Crippen LogP) is 1.60. The maximum atomic E-state index is 12.7. The number of hydrogen-bond acceptors (Lipinski definition) is 4. The maximum absolute atomic E-state index is 12.7. The van der Waals surface area contributed by atoms with Crippen molar-refractivity contribution >= 4 is 41.8 Å². The van der Waals surface area contributed by atoms with Crippen LogP contribution in [-0.4, -0.2) is 109 Å². The molecule has 0 aromatic heterocycles. The van der Waals surface area contributed by atoms with Crippen LogP contribution in [0.5, 0.6) is 0 Å². The lowest BCUT2D eigenvalue weighted by atomic mass is 10.1. The number of carbonyl (C=O) groups excluding carboxylic acids is 2. The molecule has 3 fully saturated rings. The molecule has 1 N–H and O–H groups in total. The number of rotatable bonds is 7. The summed E-state index contributed by atoms with van der Waals surface area (Å²) in [7, 11) is 1.83. The van der Waals surface area contributed by atoms with Crippen molar-refractivity contribution in [2.45, 2.75) is 64.5 Å². The number of guanidine groups is 1. The van der Waals surface area contributed by atoms with Gasteiger partial charge < -0.3 is 20.0 Å². The van der Waals surface area contributed by atoms with Crippen LogP contribution < -0.4 is 5.32 Å². The summed E-state index contributed by atoms with van der Waals surface area (Å²) in [5, 5.41) is 3.50. The molecule has 3 saturated heterocycles. The minimum absolute atomic E-state index is 0. The molecule has 9 heteroatoms. The first kappa shape index (κ1) is 26.2. The van der Waals surface area contributed by atoms with Gasteiger partial charge in [-0.05, 0) is 39.0 Å². The van der Waals surface area contributed by atoms with Crippen molar-refractivity contribution in [1.29, 1.82) is 0 Å². The predicted molar refractivity (Wildman–Crippen MR) is 135 cm³/mol. The van der Waals surface area contributed by atoms with E-state index in [2.05, 4.69) is 31.9 Å². The number of carbonyl (C=O) groups is 2. The van der Waals surface area contributed by atoms with Crippen LogP contribution in [-0.2, 0) is 9.59 Å². The van der Waals surface area contributed by atoms with Crippen LogP contribution in [0.3, 0.4) is 0 Å². The van der Waals surface area contributed by atoms with Crippen LogP contribution in [0.25, 0.3) is 0 Å². The normalized spacial score (nSPS) is 22.5. The zero-order valence-electron chi connectivity index (χ0n) is 19.5. The summed E-state index contributed by atoms with van der Waals surface area (Å²) in [6, 6.07) is 0.281. The minimum atomic E-state index is -0.0384. The van der Waals surface area contributed by atoms with Gasteiger partial charge in [0.1, 0.15) is 0 Å². The van der Waals surface area contributed by atoms with Gasteiger partial charge in [0, 0.05) is 71.9 Å². The second-order valence-corrected chi connectivity index (χ2v) is 8.75. The van der Waals surface area contributed by atoms with E-state index in [9.17, 15) is 9.59 Å². The number of amides is 2. The van der Waals surface area contributed by atoms with Gasteiger partial charge in [0.05, 0.1) is 6.04 Å². The van der Waals surface area contributed by atoms with E-state index in [0.29, 0.717) is 18.4 Å². The van der Waals surface area contributed by atoms with Crippen LogP contribution >= 0.6 is 24.0 Å². The average molecular weight is 549 g/mol. The number of aliphatic imine (C=N–C) groups is 1. The molecule has 3 aliphatic heterocycles. The molecule has 0 aromatic carbocycles. The van der Waals surface area contributed by atoms with Gasteiger partial charge >= 0.3 is 0 Å². The summed E-state index contributed by atoms with van der Waals surface area (Å²) < 4.78 is 0. The Morgan fingerprint density at radius 3 is 2.26 bits per heavy atom. The Balaban J connectivity index is 0.00000341. The molecule has 3 heterocycles. The quantitative estimate of drug-likeness (QED) is 0.298. The molecule has 3 aliphatic rings. The number of piperazine rings is 1. The monoisotopic (exact) mass is 548 g/mol. The van der Waals surface area contributed by atoms with E-state index in [0.717, 1.165) is 90.4 Å². The zero-order valence-corrected chi connectivity index (χ0v) is 21.8. The highest BCUT2D eigenvalue weighted by atomic mass is 127. The van der Waals surface area contributed by atoms with Crippen molar-refractivity contribution in [2.24, 2.45) is 4.99 Å². The van der Waals surface area contributed by atoms with E-state index >= 15 is 0 Å². The summed E-state index contributed by atoms with van der Waals surface area (Å²) in [6.07, 6.45) is 5.91. The van der Waals surface area contributed by atoms with Gasteiger partial charge in [-0.3, -0.25) is 19.5 Å². The van der Waals surface area contributed by atoms with Gasteiger partial charge in [-0.25, -0.2) is 0 Å². The van der Waals surface area contributed by atoms with Gasteiger partial charge in [-0.2, -0.15) is 0 Å². The number of halogens is 1. The molecule has 3 rings (SSSR count). The smallest absolute Gasteiger partial charge is 0.239 e. The summed E-state index contributed by atoms with van der Waals surface area (Å²) in [5.41, 5.74) is 0. The van der Waals surface area contributed by atoms with E-state index in [1.54, 1.807) is 0 Å². The van der Waals surface area contributed by atoms with E-state index in [1.807, 2.05) is 18.9 Å². The van der Waals surface area contributed by atoms with Crippen LogP contribution in [0.1, 0.15) is 52.4 Å². The second-order valence-electron chi connectivity index (χ2n) is 8.75. The molecule has 2 atom stereocenters. The van der Waals surface area contributed by atoms with E-state index in [1.165, 1.54) is 0 Å². The first-order valence-corrected chi connectivity index (χ1v) is 11.8. The summed E-state index contributed by atoms with van der Waals surface area (Å²) >= 11 is 0. The van der Waals surface area contributed by atoms with Gasteiger partial charge in [0.2, 0.25) is 11.8 Å². The van der Waals surface area contributed by atoms with Crippen LogP contribution in [0.2, 0.25) is 0 Å². The van der Waals surface area contributed by atoms with Gasteiger partial charge in [0.25, 0.3) is 0 Å². The SMILES string of the molecule is CCC(CCNC(=NC)N1CCN(C(C)C(=O)N2CCCC2)CC1)N1CCCC1=O.I. The topological polar surface area (TPSA) is 71.5 Å². The Bertz CT molecular complexity index is 617. The van der Waals surface area contributed by atoms with Crippen molar-refractivity contribution < 1.29 is 9.59 Å². The van der Waals surface area contributed by atoms with E-state index in [4.69, 9.17) is 0 Å². The number of nitrogens with one attached hydrogen (secondary N) is 1. The summed E-state index contributed by atoms with van der Waals surface area (Å²) in [5.74, 6) is 1.52. The van der Waals surface area contributed by atoms with E-state index < -0.39 is 0 Å². The third-order valence-electron chi connectivity index (χ3n) is 6.93. The maximum Gasteiger partial charge on any atom is 0.239 e. The van der Waals surface area contributed by atoms with Crippen LogP contribution in [0.15, 0.2) is 4.99 Å². The Morgan fingerprint density at radius 2 is 1.71 bits per heavy atom. The van der Waals surface area contributed by atoms with Crippen molar-refractivity contribution in [3.63, 3.8) is 0 Å². The summed E-state index contributed by atoms with van der Waals surface area (Å²) in [4.78, 5) is 37.9. The third-order valence-corrected chi connectivity index (χ3v) is 6.93. The first-order chi connectivity index (χ1) is 14.5. The molecule has 0 aliphatic carbocycles. The molecule has 0 saturated carbocycles. The highest BCUT2D eigenvalue weighted by Crippen LogP contribution is 2.18. The fraction of sp³-hybridized carbons (Fsp3) is 0.864. The highest BCUT2D eigenvalue weighted by molar-refractivity contribution is 14.0. The number of likely N-dealkylation sites (tertiary alicyclic amines) is 2. The van der Waals surface area contributed by atoms with Gasteiger partial charge in [-0.1, -0.05) is 6.92 Å². The third kappa shape index (κ3) is 6.69. The zero-order chi connectivity index (χ0) is 21.5.